The van der Waals surface area contributed by atoms with Crippen molar-refractivity contribution >= 4 is 11.5 Å². The Balaban J connectivity index is 1.48. The van der Waals surface area contributed by atoms with Gasteiger partial charge in [0.1, 0.15) is 5.82 Å². The van der Waals surface area contributed by atoms with E-state index in [-0.39, 0.29) is 0 Å². The van der Waals surface area contributed by atoms with Crippen LogP contribution in [0.2, 0.25) is 0 Å². The number of nitrogens with zero attached hydrogens (tertiary/aromatic N) is 4. The summed E-state index contributed by atoms with van der Waals surface area (Å²) in [5, 5.41) is 0. The van der Waals surface area contributed by atoms with Gasteiger partial charge in [-0.1, -0.05) is 24.3 Å². The van der Waals surface area contributed by atoms with E-state index in [0.717, 1.165) is 60.4 Å². The van der Waals surface area contributed by atoms with E-state index >= 15 is 0 Å². The van der Waals surface area contributed by atoms with Crippen LogP contribution in [0.25, 0.3) is 11.3 Å². The highest BCUT2D eigenvalue weighted by molar-refractivity contribution is 5.64. The number of hydrogen-bond donors (Lipinski definition) is 0. The van der Waals surface area contributed by atoms with Crippen LogP contribution in [0.4, 0.5) is 11.5 Å². The van der Waals surface area contributed by atoms with Crippen molar-refractivity contribution in [3.05, 3.63) is 60.4 Å². The van der Waals surface area contributed by atoms with E-state index in [1.807, 2.05) is 36.7 Å². The lowest BCUT2D eigenvalue weighted by molar-refractivity contribution is 0.355. The predicted octanol–water partition coefficient (Wildman–Crippen LogP) is 3.80. The van der Waals surface area contributed by atoms with Crippen LogP contribution in [0.3, 0.4) is 0 Å². The minimum absolute atomic E-state index is 0.748. The van der Waals surface area contributed by atoms with Crippen molar-refractivity contribution in [2.45, 2.75) is 6.92 Å². The number of aryl methyl sites for hydroxylation is 1. The van der Waals surface area contributed by atoms with E-state index < -0.39 is 0 Å². The van der Waals surface area contributed by atoms with Crippen molar-refractivity contribution in [3.63, 3.8) is 0 Å². The number of ether oxygens (including phenoxy) is 2. The van der Waals surface area contributed by atoms with Gasteiger partial charge < -0.3 is 19.3 Å². The number of methoxy groups -OCH3 is 2. The highest BCUT2D eigenvalue weighted by Gasteiger charge is 2.20. The molecule has 0 bridgehead atoms. The maximum absolute atomic E-state index is 5.44. The molecule has 1 fully saturated rings. The first-order valence-corrected chi connectivity index (χ1v) is 9.79. The predicted molar refractivity (Wildman–Crippen MR) is 116 cm³/mol. The minimum atomic E-state index is 0.748. The smallest absolute Gasteiger partial charge is 0.162 e. The third-order valence-electron chi connectivity index (χ3n) is 5.38. The van der Waals surface area contributed by atoms with Crippen LogP contribution >= 0.6 is 0 Å². The molecule has 1 aliphatic rings. The van der Waals surface area contributed by atoms with Crippen LogP contribution in [0.5, 0.6) is 11.5 Å². The molecule has 0 radical (unpaired) electrons. The van der Waals surface area contributed by atoms with Gasteiger partial charge in [0, 0.05) is 43.5 Å². The molecule has 1 saturated heterocycles. The van der Waals surface area contributed by atoms with E-state index in [2.05, 4.69) is 39.9 Å². The summed E-state index contributed by atoms with van der Waals surface area (Å²) in [7, 11) is 3.32. The molecule has 2 aromatic carbocycles. The lowest BCUT2D eigenvalue weighted by Crippen LogP contribution is -2.46. The standard InChI is InChI=1S/C23H26N4O2/c1-17-6-4-5-7-19(17)20-15-24-16-23(25-20)27-12-10-26(11-13-27)18-8-9-21(28-2)22(14-18)29-3/h4-9,14-16H,10-13H2,1-3H3. The maximum Gasteiger partial charge on any atom is 0.162 e. The summed E-state index contributed by atoms with van der Waals surface area (Å²) in [6, 6.07) is 14.4. The van der Waals surface area contributed by atoms with Gasteiger partial charge >= 0.3 is 0 Å². The summed E-state index contributed by atoms with van der Waals surface area (Å²) < 4.78 is 10.8. The van der Waals surface area contributed by atoms with Crippen LogP contribution in [0.15, 0.2) is 54.9 Å². The average molecular weight is 390 g/mol. The highest BCUT2D eigenvalue weighted by Crippen LogP contribution is 2.32. The lowest BCUT2D eigenvalue weighted by Gasteiger charge is -2.36. The Bertz CT molecular complexity index is 984. The van der Waals surface area contributed by atoms with Gasteiger partial charge in [-0.15, -0.1) is 0 Å². The van der Waals surface area contributed by atoms with Gasteiger partial charge in [-0.25, -0.2) is 4.98 Å². The van der Waals surface area contributed by atoms with Gasteiger partial charge in [0.15, 0.2) is 11.5 Å². The van der Waals surface area contributed by atoms with E-state index in [9.17, 15) is 0 Å². The Hall–Kier alpha value is -3.28. The molecule has 6 nitrogen and oxygen atoms in total. The zero-order valence-corrected chi connectivity index (χ0v) is 17.1. The van der Waals surface area contributed by atoms with E-state index in [1.165, 1.54) is 5.56 Å². The van der Waals surface area contributed by atoms with Gasteiger partial charge in [-0.2, -0.15) is 0 Å². The molecule has 3 aromatic rings. The molecule has 0 spiro atoms. The second-order valence-corrected chi connectivity index (χ2v) is 7.09. The van der Waals surface area contributed by atoms with Gasteiger partial charge in [-0.05, 0) is 24.6 Å². The molecular formula is C23H26N4O2. The second kappa shape index (κ2) is 8.39. The van der Waals surface area contributed by atoms with Crippen LogP contribution in [0, 0.1) is 6.92 Å². The molecule has 0 aliphatic carbocycles. The molecule has 0 atom stereocenters. The van der Waals surface area contributed by atoms with Crippen LogP contribution in [-0.4, -0.2) is 50.4 Å². The van der Waals surface area contributed by atoms with Crippen molar-refractivity contribution in [2.75, 3.05) is 50.2 Å². The zero-order chi connectivity index (χ0) is 20.2. The second-order valence-electron chi connectivity index (χ2n) is 7.09. The van der Waals surface area contributed by atoms with E-state index in [1.54, 1.807) is 14.2 Å². The molecule has 0 amide bonds. The van der Waals surface area contributed by atoms with Crippen LogP contribution in [-0.2, 0) is 0 Å². The van der Waals surface area contributed by atoms with Crippen molar-refractivity contribution in [1.29, 1.82) is 0 Å². The topological polar surface area (TPSA) is 50.7 Å². The monoisotopic (exact) mass is 390 g/mol. The fourth-order valence-corrected chi connectivity index (χ4v) is 3.71. The molecule has 2 heterocycles. The number of hydrogen-bond acceptors (Lipinski definition) is 6. The quantitative estimate of drug-likeness (QED) is 0.661. The van der Waals surface area contributed by atoms with Crippen LogP contribution < -0.4 is 19.3 Å². The first-order chi connectivity index (χ1) is 14.2. The minimum Gasteiger partial charge on any atom is -0.493 e. The molecule has 4 rings (SSSR count). The maximum atomic E-state index is 5.44. The summed E-state index contributed by atoms with van der Waals surface area (Å²) in [6.07, 6.45) is 3.69. The molecular weight excluding hydrogens is 364 g/mol. The van der Waals surface area contributed by atoms with Gasteiger partial charge in [0.25, 0.3) is 0 Å². The lowest BCUT2D eigenvalue weighted by atomic mass is 10.1. The third kappa shape index (κ3) is 3.97. The molecule has 0 saturated carbocycles. The Kier molecular flexibility index (Phi) is 5.51. The summed E-state index contributed by atoms with van der Waals surface area (Å²) in [6.45, 7) is 5.70. The SMILES string of the molecule is COc1ccc(N2CCN(c3cncc(-c4ccccc4C)n3)CC2)cc1OC. The Morgan fingerprint density at radius 3 is 2.28 bits per heavy atom. The average Bonchev–Trinajstić information content (AvgIpc) is 2.79. The third-order valence-corrected chi connectivity index (χ3v) is 5.38. The molecule has 1 aromatic heterocycles. The molecule has 0 N–H and O–H groups in total. The Labute approximate surface area is 171 Å². The number of aromatic nitrogens is 2. The largest absolute Gasteiger partial charge is 0.493 e. The molecule has 1 aliphatic heterocycles. The number of rotatable bonds is 5. The van der Waals surface area contributed by atoms with Crippen molar-refractivity contribution < 1.29 is 9.47 Å². The first kappa shape index (κ1) is 19.1. The summed E-state index contributed by atoms with van der Waals surface area (Å²) in [5.74, 6) is 2.43. The molecule has 29 heavy (non-hydrogen) atoms. The highest BCUT2D eigenvalue weighted by atomic mass is 16.5. The fourth-order valence-electron chi connectivity index (χ4n) is 3.71. The normalized spacial score (nSPS) is 14.0. The van der Waals surface area contributed by atoms with E-state index in [0.29, 0.717) is 0 Å². The van der Waals surface area contributed by atoms with Crippen molar-refractivity contribution in [1.82, 2.24) is 9.97 Å². The summed E-state index contributed by atoms with van der Waals surface area (Å²) >= 11 is 0. The van der Waals surface area contributed by atoms with Crippen LogP contribution in [0.1, 0.15) is 5.56 Å². The number of benzene rings is 2. The van der Waals surface area contributed by atoms with Crippen molar-refractivity contribution in [3.8, 4) is 22.8 Å². The van der Waals surface area contributed by atoms with E-state index in [4.69, 9.17) is 14.5 Å². The summed E-state index contributed by atoms with van der Waals surface area (Å²) in [5.41, 5.74) is 4.40. The zero-order valence-electron chi connectivity index (χ0n) is 17.1. The Morgan fingerprint density at radius 1 is 0.828 bits per heavy atom. The van der Waals surface area contributed by atoms with Crippen molar-refractivity contribution in [2.24, 2.45) is 0 Å². The van der Waals surface area contributed by atoms with Gasteiger partial charge in [0.05, 0.1) is 32.3 Å². The molecule has 150 valence electrons. The fraction of sp³-hybridized carbons (Fsp3) is 0.304. The molecule has 6 heteroatoms. The number of anilines is 2. The first-order valence-electron chi connectivity index (χ1n) is 9.79. The van der Waals surface area contributed by atoms with Gasteiger partial charge in [0.2, 0.25) is 0 Å². The number of piperazine rings is 1. The molecule has 0 unspecified atom stereocenters. The van der Waals surface area contributed by atoms with Gasteiger partial charge in [-0.3, -0.25) is 4.98 Å². The Morgan fingerprint density at radius 2 is 1.55 bits per heavy atom. The summed E-state index contributed by atoms with van der Waals surface area (Å²) in [4.78, 5) is 14.0.